The molecule has 1 aliphatic carbocycles. The molecule has 10 rings (SSSR count). The quantitative estimate of drug-likeness (QED) is 0.170. The maximum atomic E-state index is 5.27. The number of allylic oxidation sites excluding steroid dienone is 2. The second kappa shape index (κ2) is 13.0. The average Bonchev–Trinajstić information content (AvgIpc) is 3.46. The molecule has 248 valence electrons. The Balaban J connectivity index is 1.15. The lowest BCUT2D eigenvalue weighted by atomic mass is 9.89. The zero-order valence-electron chi connectivity index (χ0n) is 29.1. The molecule has 1 aliphatic rings. The Kier molecular flexibility index (Phi) is 7.58. The molecule has 2 heteroatoms. The normalized spacial score (nSPS) is 12.5. The van der Waals surface area contributed by atoms with Crippen LogP contribution in [0.1, 0.15) is 23.1 Å². The molecule has 1 heterocycles. The van der Waals surface area contributed by atoms with Crippen molar-refractivity contribution in [2.24, 2.45) is 0 Å². The van der Waals surface area contributed by atoms with Crippen LogP contribution in [0.4, 0.5) is 0 Å². The van der Waals surface area contributed by atoms with Gasteiger partial charge in [0.2, 0.25) is 0 Å². The molecule has 0 saturated heterocycles. The zero-order chi connectivity index (χ0) is 35.1. The largest absolute Gasteiger partial charge is 0.228 e. The van der Waals surface area contributed by atoms with E-state index in [0.29, 0.717) is 5.82 Å². The SMILES string of the molecule is C1=Cc2c(cccc2-c2cc(-c3ccc(-c4ccc5c(ccc6ccccc65)c4)c4ccccc34)nc(-c3ccccc3)n2)C(c2ccccc2)=CC1. The molecular weight excluding hydrogens is 641 g/mol. The fraction of sp³-hybridized carbons (Fsp3) is 0.0196. The zero-order valence-corrected chi connectivity index (χ0v) is 29.1. The Hall–Kier alpha value is -6.90. The highest BCUT2D eigenvalue weighted by Gasteiger charge is 2.19. The number of hydrogen-bond donors (Lipinski definition) is 0. The Morgan fingerprint density at radius 2 is 1.00 bits per heavy atom. The van der Waals surface area contributed by atoms with Gasteiger partial charge in [-0.1, -0.05) is 182 Å². The van der Waals surface area contributed by atoms with E-state index < -0.39 is 0 Å². The summed E-state index contributed by atoms with van der Waals surface area (Å²) in [5, 5.41) is 7.41. The number of aromatic nitrogens is 2. The lowest BCUT2D eigenvalue weighted by Gasteiger charge is -2.17. The minimum atomic E-state index is 0.710. The molecule has 1 aromatic heterocycles. The van der Waals surface area contributed by atoms with Crippen molar-refractivity contribution in [3.8, 4) is 45.0 Å². The molecular formula is C51H34N2. The van der Waals surface area contributed by atoms with Gasteiger partial charge in [-0.15, -0.1) is 0 Å². The van der Waals surface area contributed by atoms with Crippen LogP contribution in [0.3, 0.4) is 0 Å². The first-order valence-corrected chi connectivity index (χ1v) is 18.2. The monoisotopic (exact) mass is 674 g/mol. The van der Waals surface area contributed by atoms with Crippen molar-refractivity contribution in [2.75, 3.05) is 0 Å². The molecule has 0 atom stereocenters. The summed E-state index contributed by atoms with van der Waals surface area (Å²) in [5.41, 5.74) is 12.2. The number of rotatable bonds is 5. The Morgan fingerprint density at radius 3 is 1.81 bits per heavy atom. The van der Waals surface area contributed by atoms with Gasteiger partial charge in [-0.2, -0.15) is 0 Å². The molecule has 0 unspecified atom stereocenters. The number of fused-ring (bicyclic) bond motifs is 5. The van der Waals surface area contributed by atoms with Crippen molar-refractivity contribution in [1.82, 2.24) is 9.97 Å². The molecule has 0 spiro atoms. The smallest absolute Gasteiger partial charge is 0.160 e. The van der Waals surface area contributed by atoms with Gasteiger partial charge in [0.25, 0.3) is 0 Å². The fourth-order valence-electron chi connectivity index (χ4n) is 7.97. The standard InChI is InChI=1S/C51H34N2/c1-3-14-34(15-4-1)40-20-9-10-22-45-44(40)24-13-25-47(45)49-33-50(53-51(52-49)36-17-5-2-6-18-36)48-31-30-42(43-21-11-12-23-46(43)48)38-28-29-41-37(32-38)27-26-35-16-7-8-19-39(35)41/h1-8,10-33H,9H2. The number of nitrogens with zero attached hydrogens (tertiary/aromatic N) is 2. The lowest BCUT2D eigenvalue weighted by molar-refractivity contribution is 1.18. The van der Waals surface area contributed by atoms with Gasteiger partial charge in [0, 0.05) is 16.7 Å². The maximum Gasteiger partial charge on any atom is 0.160 e. The van der Waals surface area contributed by atoms with E-state index in [2.05, 4.69) is 188 Å². The Morgan fingerprint density at radius 1 is 0.377 bits per heavy atom. The Bertz CT molecular complexity index is 2900. The van der Waals surface area contributed by atoms with Gasteiger partial charge < -0.3 is 0 Å². The Labute approximate surface area is 309 Å². The van der Waals surface area contributed by atoms with Crippen LogP contribution in [0.5, 0.6) is 0 Å². The van der Waals surface area contributed by atoms with Crippen LogP contribution in [-0.2, 0) is 0 Å². The van der Waals surface area contributed by atoms with Crippen LogP contribution in [0.2, 0.25) is 0 Å². The van der Waals surface area contributed by atoms with Crippen LogP contribution in [0.15, 0.2) is 188 Å². The summed E-state index contributed by atoms with van der Waals surface area (Å²) in [6.45, 7) is 0. The first kappa shape index (κ1) is 30.9. The molecule has 0 fully saturated rings. The van der Waals surface area contributed by atoms with Crippen molar-refractivity contribution in [1.29, 1.82) is 0 Å². The van der Waals surface area contributed by atoms with Gasteiger partial charge in [0.15, 0.2) is 5.82 Å². The molecule has 0 aliphatic heterocycles. The van der Waals surface area contributed by atoms with Gasteiger partial charge in [-0.05, 0) is 84.3 Å². The third kappa shape index (κ3) is 5.53. The van der Waals surface area contributed by atoms with Crippen LogP contribution in [0, 0.1) is 0 Å². The van der Waals surface area contributed by atoms with Gasteiger partial charge in [0.05, 0.1) is 11.4 Å². The number of benzene rings is 8. The number of hydrogen-bond acceptors (Lipinski definition) is 2. The first-order valence-electron chi connectivity index (χ1n) is 18.2. The van der Waals surface area contributed by atoms with Crippen LogP contribution < -0.4 is 0 Å². The second-order valence-electron chi connectivity index (χ2n) is 13.6. The van der Waals surface area contributed by atoms with Crippen LogP contribution >= 0.6 is 0 Å². The van der Waals surface area contributed by atoms with Gasteiger partial charge in [0.1, 0.15) is 0 Å². The first-order chi connectivity index (χ1) is 26.3. The third-order valence-corrected chi connectivity index (χ3v) is 10.5. The molecule has 0 radical (unpaired) electrons. The lowest BCUT2D eigenvalue weighted by Crippen LogP contribution is -1.99. The molecule has 0 bridgehead atoms. The molecule has 8 aromatic carbocycles. The van der Waals surface area contributed by atoms with E-state index in [-0.39, 0.29) is 0 Å². The second-order valence-corrected chi connectivity index (χ2v) is 13.6. The summed E-state index contributed by atoms with van der Waals surface area (Å²) in [6.07, 6.45) is 7.71. The van der Waals surface area contributed by atoms with Gasteiger partial charge in [-0.25, -0.2) is 9.97 Å². The topological polar surface area (TPSA) is 25.8 Å². The molecule has 2 nitrogen and oxygen atoms in total. The average molecular weight is 675 g/mol. The van der Waals surface area contributed by atoms with E-state index in [9.17, 15) is 0 Å². The summed E-state index contributed by atoms with van der Waals surface area (Å²) in [7, 11) is 0. The summed E-state index contributed by atoms with van der Waals surface area (Å²) in [4.78, 5) is 10.5. The highest BCUT2D eigenvalue weighted by atomic mass is 14.9. The van der Waals surface area contributed by atoms with E-state index in [1.54, 1.807) is 0 Å². The van der Waals surface area contributed by atoms with E-state index in [1.165, 1.54) is 60.3 Å². The van der Waals surface area contributed by atoms with Gasteiger partial charge in [-0.3, -0.25) is 0 Å². The highest BCUT2D eigenvalue weighted by molar-refractivity contribution is 6.10. The predicted octanol–water partition coefficient (Wildman–Crippen LogP) is 13.5. The van der Waals surface area contributed by atoms with E-state index in [0.717, 1.165) is 39.9 Å². The maximum absolute atomic E-state index is 5.27. The van der Waals surface area contributed by atoms with E-state index >= 15 is 0 Å². The van der Waals surface area contributed by atoms with Crippen molar-refractivity contribution in [3.63, 3.8) is 0 Å². The summed E-state index contributed by atoms with van der Waals surface area (Å²) in [5.74, 6) is 0.710. The summed E-state index contributed by atoms with van der Waals surface area (Å²) in [6, 6.07) is 62.9. The summed E-state index contributed by atoms with van der Waals surface area (Å²) < 4.78 is 0. The van der Waals surface area contributed by atoms with Gasteiger partial charge >= 0.3 is 0 Å². The van der Waals surface area contributed by atoms with Crippen molar-refractivity contribution in [3.05, 3.63) is 205 Å². The molecule has 0 amide bonds. The molecule has 0 N–H and O–H groups in total. The molecule has 9 aromatic rings. The summed E-state index contributed by atoms with van der Waals surface area (Å²) >= 11 is 0. The van der Waals surface area contributed by atoms with Crippen LogP contribution in [-0.4, -0.2) is 9.97 Å². The highest BCUT2D eigenvalue weighted by Crippen LogP contribution is 2.40. The molecule has 0 saturated carbocycles. The minimum absolute atomic E-state index is 0.710. The third-order valence-electron chi connectivity index (χ3n) is 10.5. The van der Waals surface area contributed by atoms with Crippen molar-refractivity contribution in [2.45, 2.75) is 6.42 Å². The van der Waals surface area contributed by atoms with Crippen molar-refractivity contribution < 1.29 is 0 Å². The molecule has 53 heavy (non-hydrogen) atoms. The van der Waals surface area contributed by atoms with E-state index in [4.69, 9.17) is 9.97 Å². The fourth-order valence-corrected chi connectivity index (χ4v) is 7.97. The van der Waals surface area contributed by atoms with E-state index in [1.807, 2.05) is 6.07 Å². The predicted molar refractivity (Wildman–Crippen MR) is 223 cm³/mol. The van der Waals surface area contributed by atoms with Crippen LogP contribution in [0.25, 0.3) is 89.0 Å². The van der Waals surface area contributed by atoms with Crippen molar-refractivity contribution >= 4 is 44.0 Å². The minimum Gasteiger partial charge on any atom is -0.228 e.